The van der Waals surface area contributed by atoms with Gasteiger partial charge in [-0.1, -0.05) is 29.8 Å². The zero-order valence-corrected chi connectivity index (χ0v) is 11.2. The highest BCUT2D eigenvalue weighted by atomic mass is 35.5. The molecule has 0 bridgehead atoms. The summed E-state index contributed by atoms with van der Waals surface area (Å²) < 4.78 is 5.54. The van der Waals surface area contributed by atoms with Crippen LogP contribution in [0.3, 0.4) is 0 Å². The summed E-state index contributed by atoms with van der Waals surface area (Å²) in [5, 5.41) is 20.6. The Hall–Kier alpha value is -2.11. The van der Waals surface area contributed by atoms with Crippen LogP contribution in [0.2, 0.25) is 5.02 Å². The SMILES string of the molecule is O=[N+]([O-])c1ccccc1COc1cccc(Cl)c1CO. The van der Waals surface area contributed by atoms with E-state index in [1.807, 2.05) is 0 Å². The van der Waals surface area contributed by atoms with Crippen molar-refractivity contribution in [3.63, 3.8) is 0 Å². The van der Waals surface area contributed by atoms with E-state index in [0.717, 1.165) is 0 Å². The van der Waals surface area contributed by atoms with Crippen LogP contribution < -0.4 is 4.74 Å². The van der Waals surface area contributed by atoms with Crippen molar-refractivity contribution in [3.8, 4) is 5.75 Å². The van der Waals surface area contributed by atoms with Crippen molar-refractivity contribution in [3.05, 3.63) is 68.7 Å². The summed E-state index contributed by atoms with van der Waals surface area (Å²) in [4.78, 5) is 10.4. The second-order valence-corrected chi connectivity index (χ2v) is 4.46. The number of para-hydroxylation sites is 1. The molecular weight excluding hydrogens is 282 g/mol. The minimum Gasteiger partial charge on any atom is -0.488 e. The molecule has 0 aliphatic rings. The Labute approximate surface area is 120 Å². The maximum absolute atomic E-state index is 10.9. The highest BCUT2D eigenvalue weighted by Gasteiger charge is 2.14. The predicted octanol–water partition coefficient (Wildman–Crippen LogP) is 3.32. The molecule has 0 atom stereocenters. The number of halogens is 1. The van der Waals surface area contributed by atoms with E-state index in [1.54, 1.807) is 36.4 Å². The van der Waals surface area contributed by atoms with Crippen molar-refractivity contribution in [2.24, 2.45) is 0 Å². The van der Waals surface area contributed by atoms with Gasteiger partial charge in [-0.25, -0.2) is 0 Å². The average molecular weight is 294 g/mol. The van der Waals surface area contributed by atoms with Crippen molar-refractivity contribution in [1.82, 2.24) is 0 Å². The number of benzene rings is 2. The van der Waals surface area contributed by atoms with Crippen LogP contribution in [0.5, 0.6) is 5.75 Å². The molecule has 0 fully saturated rings. The first-order valence-corrected chi connectivity index (χ1v) is 6.24. The standard InChI is InChI=1S/C14H12ClNO4/c15-12-5-3-7-14(11(12)8-17)20-9-10-4-1-2-6-13(10)16(18)19/h1-7,17H,8-9H2. The fourth-order valence-corrected chi connectivity index (χ4v) is 2.02. The van der Waals surface area contributed by atoms with E-state index in [2.05, 4.69) is 0 Å². The van der Waals surface area contributed by atoms with Gasteiger partial charge in [0.2, 0.25) is 0 Å². The number of aliphatic hydroxyl groups is 1. The van der Waals surface area contributed by atoms with E-state index in [0.29, 0.717) is 21.9 Å². The largest absolute Gasteiger partial charge is 0.488 e. The molecule has 20 heavy (non-hydrogen) atoms. The van der Waals surface area contributed by atoms with Gasteiger partial charge in [0.15, 0.2) is 0 Å². The number of hydrogen-bond donors (Lipinski definition) is 1. The van der Waals surface area contributed by atoms with E-state index in [1.165, 1.54) is 6.07 Å². The van der Waals surface area contributed by atoms with Gasteiger partial charge in [0.25, 0.3) is 5.69 Å². The summed E-state index contributed by atoms with van der Waals surface area (Å²) in [6.07, 6.45) is 0. The van der Waals surface area contributed by atoms with E-state index in [4.69, 9.17) is 16.3 Å². The molecule has 2 rings (SSSR count). The summed E-state index contributed by atoms with van der Waals surface area (Å²) >= 11 is 5.94. The van der Waals surface area contributed by atoms with E-state index < -0.39 is 4.92 Å². The quantitative estimate of drug-likeness (QED) is 0.678. The van der Waals surface area contributed by atoms with Crippen molar-refractivity contribution in [1.29, 1.82) is 0 Å². The third-order valence-electron chi connectivity index (χ3n) is 2.81. The molecule has 0 unspecified atom stereocenters. The van der Waals surface area contributed by atoms with Crippen LogP contribution >= 0.6 is 11.6 Å². The first kappa shape index (κ1) is 14.3. The van der Waals surface area contributed by atoms with Gasteiger partial charge in [-0.05, 0) is 18.2 Å². The molecule has 6 heteroatoms. The van der Waals surface area contributed by atoms with E-state index >= 15 is 0 Å². The minimum atomic E-state index is -0.455. The Bertz CT molecular complexity index is 630. The predicted molar refractivity (Wildman–Crippen MR) is 74.8 cm³/mol. The molecule has 1 N–H and O–H groups in total. The first-order chi connectivity index (χ1) is 9.63. The molecule has 0 radical (unpaired) electrons. The molecule has 104 valence electrons. The van der Waals surface area contributed by atoms with Gasteiger partial charge in [-0.15, -0.1) is 0 Å². The highest BCUT2D eigenvalue weighted by Crippen LogP contribution is 2.28. The van der Waals surface area contributed by atoms with Gasteiger partial charge in [0.05, 0.1) is 17.1 Å². The highest BCUT2D eigenvalue weighted by molar-refractivity contribution is 6.31. The number of nitrogens with zero attached hydrogens (tertiary/aromatic N) is 1. The summed E-state index contributed by atoms with van der Waals surface area (Å²) in [5.74, 6) is 0.415. The number of nitro groups is 1. The Morgan fingerprint density at radius 1 is 1.20 bits per heavy atom. The molecule has 0 saturated carbocycles. The molecule has 2 aromatic rings. The van der Waals surface area contributed by atoms with Crippen molar-refractivity contribution < 1.29 is 14.8 Å². The van der Waals surface area contributed by atoms with Crippen molar-refractivity contribution >= 4 is 17.3 Å². The summed E-state index contributed by atoms with van der Waals surface area (Å²) in [6, 6.07) is 11.3. The minimum absolute atomic E-state index is 0.0000709. The van der Waals surface area contributed by atoms with Crippen LogP contribution in [-0.4, -0.2) is 10.0 Å². The Balaban J connectivity index is 2.22. The number of aliphatic hydroxyl groups excluding tert-OH is 1. The number of hydrogen-bond acceptors (Lipinski definition) is 4. The Kier molecular flexibility index (Phi) is 4.55. The normalized spacial score (nSPS) is 10.3. The fraction of sp³-hybridized carbons (Fsp3) is 0.143. The number of rotatable bonds is 5. The van der Waals surface area contributed by atoms with Crippen molar-refractivity contribution in [2.75, 3.05) is 0 Å². The lowest BCUT2D eigenvalue weighted by molar-refractivity contribution is -0.385. The number of ether oxygens (including phenoxy) is 1. The molecule has 5 nitrogen and oxygen atoms in total. The smallest absolute Gasteiger partial charge is 0.276 e. The zero-order valence-electron chi connectivity index (χ0n) is 10.5. The van der Waals surface area contributed by atoms with Crippen molar-refractivity contribution in [2.45, 2.75) is 13.2 Å². The molecule has 0 aliphatic carbocycles. The van der Waals surface area contributed by atoms with Crippen LogP contribution in [0.25, 0.3) is 0 Å². The lowest BCUT2D eigenvalue weighted by Crippen LogP contribution is -2.02. The first-order valence-electron chi connectivity index (χ1n) is 5.87. The Morgan fingerprint density at radius 2 is 1.95 bits per heavy atom. The molecule has 0 heterocycles. The lowest BCUT2D eigenvalue weighted by Gasteiger charge is -2.11. The van der Waals surface area contributed by atoms with Gasteiger partial charge in [-0.3, -0.25) is 10.1 Å². The molecule has 0 aliphatic heterocycles. The van der Waals surface area contributed by atoms with Crippen LogP contribution in [0, 0.1) is 10.1 Å². The van der Waals surface area contributed by atoms with Gasteiger partial charge in [0.1, 0.15) is 12.4 Å². The molecule has 0 amide bonds. The van der Waals surface area contributed by atoms with Crippen LogP contribution in [0.4, 0.5) is 5.69 Å². The summed E-state index contributed by atoms with van der Waals surface area (Å²) in [7, 11) is 0. The summed E-state index contributed by atoms with van der Waals surface area (Å²) in [6.45, 7) is -0.226. The third-order valence-corrected chi connectivity index (χ3v) is 3.16. The zero-order chi connectivity index (χ0) is 14.5. The van der Waals surface area contributed by atoms with E-state index in [-0.39, 0.29) is 18.9 Å². The van der Waals surface area contributed by atoms with Crippen LogP contribution in [0.1, 0.15) is 11.1 Å². The monoisotopic (exact) mass is 293 g/mol. The van der Waals surface area contributed by atoms with Gasteiger partial charge in [0, 0.05) is 16.7 Å². The Morgan fingerprint density at radius 3 is 2.65 bits per heavy atom. The molecular formula is C14H12ClNO4. The third kappa shape index (κ3) is 3.07. The maximum atomic E-state index is 10.9. The fourth-order valence-electron chi connectivity index (χ4n) is 1.79. The molecule has 0 aromatic heterocycles. The van der Waals surface area contributed by atoms with Gasteiger partial charge < -0.3 is 9.84 Å². The average Bonchev–Trinajstić information content (AvgIpc) is 2.45. The van der Waals surface area contributed by atoms with E-state index in [9.17, 15) is 15.2 Å². The van der Waals surface area contributed by atoms with Crippen LogP contribution in [-0.2, 0) is 13.2 Å². The van der Waals surface area contributed by atoms with Gasteiger partial charge in [-0.2, -0.15) is 0 Å². The second kappa shape index (κ2) is 6.36. The second-order valence-electron chi connectivity index (χ2n) is 4.05. The topological polar surface area (TPSA) is 72.6 Å². The number of nitro benzene ring substituents is 1. The summed E-state index contributed by atoms with van der Waals surface area (Å²) in [5.41, 5.74) is 0.925. The molecule has 0 spiro atoms. The van der Waals surface area contributed by atoms with Crippen LogP contribution in [0.15, 0.2) is 42.5 Å². The van der Waals surface area contributed by atoms with Gasteiger partial charge >= 0.3 is 0 Å². The molecule has 0 saturated heterocycles. The molecule has 2 aromatic carbocycles. The lowest BCUT2D eigenvalue weighted by atomic mass is 10.2. The maximum Gasteiger partial charge on any atom is 0.276 e.